The van der Waals surface area contributed by atoms with Gasteiger partial charge in [0.1, 0.15) is 18.1 Å². The summed E-state index contributed by atoms with van der Waals surface area (Å²) in [6, 6.07) is -5.73. The van der Waals surface area contributed by atoms with Crippen LogP contribution in [0.1, 0.15) is 19.3 Å². The second-order valence-electron chi connectivity index (χ2n) is 6.17. The summed E-state index contributed by atoms with van der Waals surface area (Å²) in [6.45, 7) is -0.947. The van der Waals surface area contributed by atoms with Gasteiger partial charge in [0.2, 0.25) is 29.5 Å². The molecule has 0 fully saturated rings. The molecule has 0 aliphatic rings. The zero-order valence-electron chi connectivity index (χ0n) is 15.9. The number of nitrogens with one attached hydrogen (secondary N) is 3. The fourth-order valence-corrected chi connectivity index (χ4v) is 2.22. The van der Waals surface area contributed by atoms with Crippen LogP contribution in [0.5, 0.6) is 0 Å². The molecular formula is C15H26N6O8S. The van der Waals surface area contributed by atoms with Crippen molar-refractivity contribution in [2.75, 3.05) is 12.4 Å². The fraction of sp³-hybridized carbons (Fsp3) is 0.600. The summed E-state index contributed by atoms with van der Waals surface area (Å²) in [5, 5.41) is 24.2. The van der Waals surface area contributed by atoms with E-state index in [1.807, 2.05) is 5.32 Å². The predicted octanol–water partition coefficient (Wildman–Crippen LogP) is -5.08. The highest BCUT2D eigenvalue weighted by Crippen LogP contribution is 2.02. The smallest absolute Gasteiger partial charge is 0.328 e. The molecule has 0 bridgehead atoms. The average Bonchev–Trinajstić information content (AvgIpc) is 2.66. The molecule has 4 unspecified atom stereocenters. The van der Waals surface area contributed by atoms with Crippen LogP contribution >= 0.6 is 12.6 Å². The van der Waals surface area contributed by atoms with Gasteiger partial charge >= 0.3 is 5.97 Å². The largest absolute Gasteiger partial charge is 0.480 e. The van der Waals surface area contributed by atoms with Gasteiger partial charge in [-0.3, -0.25) is 24.0 Å². The molecule has 0 saturated carbocycles. The molecule has 0 rings (SSSR count). The van der Waals surface area contributed by atoms with Gasteiger partial charge in [-0.1, -0.05) is 0 Å². The van der Waals surface area contributed by atoms with E-state index in [0.29, 0.717) is 0 Å². The Bertz CT molecular complexity index is 676. The van der Waals surface area contributed by atoms with Gasteiger partial charge in [0, 0.05) is 12.2 Å². The van der Waals surface area contributed by atoms with Gasteiger partial charge in [0.25, 0.3) is 0 Å². The molecule has 5 amide bonds. The van der Waals surface area contributed by atoms with Crippen LogP contribution in [0.3, 0.4) is 0 Å². The number of amides is 5. The number of aliphatic hydroxyl groups excluding tert-OH is 1. The first-order chi connectivity index (χ1) is 13.9. The normalized spacial score (nSPS) is 14.5. The summed E-state index contributed by atoms with van der Waals surface area (Å²) in [7, 11) is 0. The maximum atomic E-state index is 12.6. The minimum atomic E-state index is -1.69. The van der Waals surface area contributed by atoms with E-state index >= 15 is 0 Å². The molecule has 30 heavy (non-hydrogen) atoms. The van der Waals surface area contributed by atoms with Gasteiger partial charge in [-0.05, 0) is 6.42 Å². The van der Waals surface area contributed by atoms with Gasteiger partial charge in [-0.2, -0.15) is 12.6 Å². The summed E-state index contributed by atoms with van der Waals surface area (Å²) < 4.78 is 0. The molecule has 170 valence electrons. The maximum absolute atomic E-state index is 12.6. The molecule has 0 aromatic heterocycles. The molecule has 11 N–H and O–H groups in total. The van der Waals surface area contributed by atoms with Crippen molar-refractivity contribution in [3.05, 3.63) is 0 Å². The Hall–Kier alpha value is -2.91. The van der Waals surface area contributed by atoms with Crippen molar-refractivity contribution in [1.29, 1.82) is 0 Å². The quantitative estimate of drug-likeness (QED) is 0.114. The first kappa shape index (κ1) is 27.1. The molecular weight excluding hydrogens is 424 g/mol. The summed E-state index contributed by atoms with van der Waals surface area (Å²) in [5.74, 6) is -6.22. The van der Waals surface area contributed by atoms with Gasteiger partial charge in [-0.15, -0.1) is 0 Å². The van der Waals surface area contributed by atoms with Crippen molar-refractivity contribution in [3.8, 4) is 0 Å². The number of thiol groups is 1. The van der Waals surface area contributed by atoms with E-state index in [1.54, 1.807) is 0 Å². The Morgan fingerprint density at radius 3 is 1.77 bits per heavy atom. The van der Waals surface area contributed by atoms with Crippen LogP contribution in [0.25, 0.3) is 0 Å². The molecule has 0 aliphatic carbocycles. The highest BCUT2D eigenvalue weighted by atomic mass is 32.1. The molecule has 0 aliphatic heterocycles. The SMILES string of the molecule is NC(=O)CCC(NC(=O)C(N)CS)C(=O)NC(CC(N)=O)C(=O)NC(CO)C(=O)O. The van der Waals surface area contributed by atoms with Crippen molar-refractivity contribution in [2.24, 2.45) is 17.2 Å². The summed E-state index contributed by atoms with van der Waals surface area (Å²) >= 11 is 3.86. The monoisotopic (exact) mass is 450 g/mol. The van der Waals surface area contributed by atoms with Crippen molar-refractivity contribution in [1.82, 2.24) is 16.0 Å². The van der Waals surface area contributed by atoms with E-state index in [2.05, 4.69) is 23.3 Å². The van der Waals surface area contributed by atoms with E-state index in [0.717, 1.165) is 0 Å². The van der Waals surface area contributed by atoms with Gasteiger partial charge in [0.15, 0.2) is 0 Å². The second-order valence-corrected chi connectivity index (χ2v) is 6.53. The summed E-state index contributed by atoms with van der Waals surface area (Å²) in [5.41, 5.74) is 15.6. The van der Waals surface area contributed by atoms with Gasteiger partial charge in [-0.25, -0.2) is 4.79 Å². The number of hydrogen-bond donors (Lipinski definition) is 9. The number of aliphatic carboxylic acids is 1. The first-order valence-electron chi connectivity index (χ1n) is 8.60. The number of nitrogens with two attached hydrogens (primary N) is 3. The van der Waals surface area contributed by atoms with Crippen molar-refractivity contribution < 1.29 is 39.0 Å². The fourth-order valence-electron chi connectivity index (χ4n) is 2.06. The van der Waals surface area contributed by atoms with Crippen molar-refractivity contribution in [3.63, 3.8) is 0 Å². The summed E-state index contributed by atoms with van der Waals surface area (Å²) in [6.07, 6.45) is -1.25. The number of carboxylic acids is 1. The first-order valence-corrected chi connectivity index (χ1v) is 9.23. The molecule has 0 heterocycles. The third-order valence-corrected chi connectivity index (χ3v) is 4.07. The van der Waals surface area contributed by atoms with Crippen LogP contribution in [0, 0.1) is 0 Å². The standard InChI is InChI=1S/C15H26N6O8S/c16-6(5-30)12(25)19-7(1-2-10(17)23)13(26)20-8(3-11(18)24)14(27)21-9(4-22)15(28)29/h6-9,22,30H,1-5,16H2,(H2,17,23)(H2,18,24)(H,19,25)(H,20,26)(H,21,27)(H,28,29). The van der Waals surface area contributed by atoms with Crippen molar-refractivity contribution in [2.45, 2.75) is 43.4 Å². The molecule has 0 radical (unpaired) electrons. The third kappa shape index (κ3) is 10.0. The highest BCUT2D eigenvalue weighted by Gasteiger charge is 2.31. The Kier molecular flexibility index (Phi) is 12.0. The lowest BCUT2D eigenvalue weighted by molar-refractivity contribution is -0.143. The molecule has 0 saturated heterocycles. The molecule has 0 aromatic carbocycles. The zero-order valence-corrected chi connectivity index (χ0v) is 16.8. The number of aliphatic hydroxyl groups is 1. The molecule has 14 nitrogen and oxygen atoms in total. The predicted molar refractivity (Wildman–Crippen MR) is 105 cm³/mol. The Morgan fingerprint density at radius 1 is 0.833 bits per heavy atom. The lowest BCUT2D eigenvalue weighted by Gasteiger charge is -2.24. The number of primary amides is 2. The van der Waals surface area contributed by atoms with Crippen LogP contribution in [-0.2, 0) is 28.8 Å². The van der Waals surface area contributed by atoms with E-state index in [9.17, 15) is 28.8 Å². The molecule has 4 atom stereocenters. The van der Waals surface area contributed by atoms with E-state index in [1.165, 1.54) is 0 Å². The maximum Gasteiger partial charge on any atom is 0.328 e. The van der Waals surface area contributed by atoms with Gasteiger partial charge < -0.3 is 43.4 Å². The Labute approximate surface area is 176 Å². The molecule has 15 heteroatoms. The van der Waals surface area contributed by atoms with Crippen LogP contribution < -0.4 is 33.2 Å². The summed E-state index contributed by atoms with van der Waals surface area (Å²) in [4.78, 5) is 70.0. The minimum Gasteiger partial charge on any atom is -0.480 e. The highest BCUT2D eigenvalue weighted by molar-refractivity contribution is 7.80. The number of carbonyl (C=O) groups excluding carboxylic acids is 5. The van der Waals surface area contributed by atoms with E-state index in [4.69, 9.17) is 27.4 Å². The number of rotatable bonds is 14. The molecule has 0 aromatic rings. The lowest BCUT2D eigenvalue weighted by Crippen LogP contribution is -2.58. The van der Waals surface area contributed by atoms with Crippen LogP contribution in [0.4, 0.5) is 0 Å². The topological polar surface area (TPSA) is 257 Å². The van der Waals surface area contributed by atoms with Gasteiger partial charge in [0.05, 0.1) is 19.1 Å². The van der Waals surface area contributed by atoms with Crippen LogP contribution in [0.15, 0.2) is 0 Å². The van der Waals surface area contributed by atoms with Crippen LogP contribution in [-0.4, -0.2) is 82.2 Å². The average molecular weight is 450 g/mol. The number of carboxylic acid groups (broad SMARTS) is 1. The lowest BCUT2D eigenvalue weighted by atomic mass is 10.1. The minimum absolute atomic E-state index is 0.0412. The number of hydrogen-bond acceptors (Lipinski definition) is 9. The van der Waals surface area contributed by atoms with E-state index < -0.39 is 72.7 Å². The zero-order chi connectivity index (χ0) is 23.4. The second kappa shape index (κ2) is 13.3. The Balaban J connectivity index is 5.44. The Morgan fingerprint density at radius 2 is 1.33 bits per heavy atom. The van der Waals surface area contributed by atoms with E-state index in [-0.39, 0.29) is 18.6 Å². The van der Waals surface area contributed by atoms with Crippen LogP contribution in [0.2, 0.25) is 0 Å². The third-order valence-electron chi connectivity index (χ3n) is 3.68. The molecule has 0 spiro atoms. The van der Waals surface area contributed by atoms with Crippen molar-refractivity contribution >= 4 is 48.1 Å². The number of carbonyl (C=O) groups is 6.